The SMILES string of the molecule is CCCCc1nc2c(N)nc3cc(CCOCCNC(=O)CCCC(=O)ON4C(=O)CCC4=O)ccc3c2n1Cc1cc(OP(=O)(O)O)ccc1OP(=O)(O)O. The van der Waals surface area contributed by atoms with Crippen molar-refractivity contribution in [1.82, 2.24) is 24.9 Å². The number of nitrogens with one attached hydrogen (secondary N) is 1. The fourth-order valence-corrected chi connectivity index (χ4v) is 6.78. The first-order valence-electron chi connectivity index (χ1n) is 17.6. The first kappa shape index (κ1) is 42.2. The molecule has 0 unspecified atom stereocenters. The summed E-state index contributed by atoms with van der Waals surface area (Å²) in [5.41, 5.74) is 8.94. The van der Waals surface area contributed by atoms with E-state index in [0.29, 0.717) is 52.3 Å². The third-order valence-corrected chi connectivity index (χ3v) is 9.37. The number of imidazole rings is 1. The van der Waals surface area contributed by atoms with Gasteiger partial charge in [-0.2, -0.15) is 0 Å². The number of phosphoric acid groups is 2. The van der Waals surface area contributed by atoms with E-state index in [1.165, 1.54) is 6.07 Å². The lowest BCUT2D eigenvalue weighted by molar-refractivity contribution is -0.197. The molecule has 1 fully saturated rings. The Hall–Kier alpha value is -4.94. The first-order chi connectivity index (χ1) is 26.5. The van der Waals surface area contributed by atoms with Crippen LogP contribution in [0.3, 0.4) is 0 Å². The van der Waals surface area contributed by atoms with Gasteiger partial charge in [0.25, 0.3) is 11.8 Å². The first-order valence-corrected chi connectivity index (χ1v) is 20.7. The van der Waals surface area contributed by atoms with Gasteiger partial charge in [-0.3, -0.25) is 34.0 Å². The lowest BCUT2D eigenvalue weighted by Gasteiger charge is -2.17. The maximum Gasteiger partial charge on any atom is 0.524 e. The summed E-state index contributed by atoms with van der Waals surface area (Å²) >= 11 is 0. The summed E-state index contributed by atoms with van der Waals surface area (Å²) < 4.78 is 40.6. The van der Waals surface area contributed by atoms with Crippen LogP contribution in [0.1, 0.15) is 68.8 Å². The number of fused-ring (bicyclic) bond motifs is 3. The van der Waals surface area contributed by atoms with Gasteiger partial charge in [0, 0.05) is 49.6 Å². The standard InChI is InChI=1S/C34H42N6O14P2/c1-2-3-5-27-38-32-33(39(27)20-22-19-23(53-55(45,46)47)9-11-26(22)54-56(48,49)50)24-10-8-21(18-25(24)37-34(32)35)14-16-51-17-15-36-28(41)6-4-7-31(44)52-40-29(42)12-13-30(40)43/h8-11,18-19H,2-7,12-17,20H2,1H3,(H2,35,37)(H,36,41)(H2,45,46,47)(H2,48,49,50). The van der Waals surface area contributed by atoms with Gasteiger partial charge in [0.05, 0.1) is 30.8 Å². The molecule has 0 radical (unpaired) electrons. The number of aromatic nitrogens is 3. The molecule has 56 heavy (non-hydrogen) atoms. The van der Waals surface area contributed by atoms with Crippen molar-refractivity contribution in [1.29, 1.82) is 0 Å². The summed E-state index contributed by atoms with van der Waals surface area (Å²) in [7, 11) is -10.0. The molecule has 1 aliphatic heterocycles. The molecule has 0 saturated carbocycles. The highest BCUT2D eigenvalue weighted by Crippen LogP contribution is 2.43. The van der Waals surface area contributed by atoms with E-state index in [-0.39, 0.29) is 80.6 Å². The van der Waals surface area contributed by atoms with Gasteiger partial charge in [-0.1, -0.05) is 25.5 Å². The number of hydrogen-bond acceptors (Lipinski definition) is 13. The molecule has 3 amide bonds. The number of benzene rings is 2. The molecule has 0 spiro atoms. The molecule has 7 N–H and O–H groups in total. The number of unbranched alkanes of at least 4 members (excludes halogenated alkanes) is 1. The molecule has 4 aromatic rings. The molecule has 1 aliphatic rings. The number of anilines is 1. The summed E-state index contributed by atoms with van der Waals surface area (Å²) in [4.78, 5) is 99.2. The number of carbonyl (C=O) groups is 4. The Morgan fingerprint density at radius 3 is 2.34 bits per heavy atom. The molecule has 20 nitrogen and oxygen atoms in total. The molecule has 0 bridgehead atoms. The predicted molar refractivity (Wildman–Crippen MR) is 198 cm³/mol. The van der Waals surface area contributed by atoms with E-state index in [9.17, 15) is 47.9 Å². The zero-order valence-corrected chi connectivity index (χ0v) is 32.1. The van der Waals surface area contributed by atoms with E-state index in [4.69, 9.17) is 29.3 Å². The molecule has 3 heterocycles. The maximum atomic E-state index is 12.2. The van der Waals surface area contributed by atoms with Crippen molar-refractivity contribution in [2.45, 2.75) is 71.3 Å². The second-order valence-electron chi connectivity index (χ2n) is 12.8. The molecule has 0 aliphatic carbocycles. The molecule has 2 aromatic carbocycles. The largest absolute Gasteiger partial charge is 0.524 e. The van der Waals surface area contributed by atoms with Crippen LogP contribution in [0.2, 0.25) is 0 Å². The smallest absolute Gasteiger partial charge is 0.404 e. The fourth-order valence-electron chi connectivity index (χ4n) is 5.96. The Morgan fingerprint density at radius 1 is 0.911 bits per heavy atom. The predicted octanol–water partition coefficient (Wildman–Crippen LogP) is 2.95. The van der Waals surface area contributed by atoms with Crippen molar-refractivity contribution in [2.24, 2.45) is 0 Å². The number of nitrogen functional groups attached to an aromatic ring is 1. The van der Waals surface area contributed by atoms with Crippen molar-refractivity contribution in [2.75, 3.05) is 25.5 Å². The third-order valence-electron chi connectivity index (χ3n) is 8.49. The average Bonchev–Trinajstić information content (AvgIpc) is 3.63. The topological polar surface area (TPSA) is 292 Å². The molecule has 302 valence electrons. The van der Waals surface area contributed by atoms with Gasteiger partial charge >= 0.3 is 21.6 Å². The number of hydroxylamine groups is 2. The van der Waals surface area contributed by atoms with Crippen molar-refractivity contribution in [3.8, 4) is 11.5 Å². The van der Waals surface area contributed by atoms with Crippen LogP contribution in [0.15, 0.2) is 36.4 Å². The van der Waals surface area contributed by atoms with Crippen LogP contribution in [0, 0.1) is 0 Å². The number of aryl methyl sites for hydroxylation is 1. The van der Waals surface area contributed by atoms with Crippen LogP contribution >= 0.6 is 15.6 Å². The Morgan fingerprint density at radius 2 is 1.64 bits per heavy atom. The number of ether oxygens (including phenoxy) is 1. The zero-order valence-electron chi connectivity index (χ0n) is 30.3. The Bertz CT molecular complexity index is 2200. The minimum atomic E-state index is -5.03. The summed E-state index contributed by atoms with van der Waals surface area (Å²) in [6.07, 6.45) is 2.65. The number of hydrogen-bond donors (Lipinski definition) is 6. The van der Waals surface area contributed by atoms with Gasteiger partial charge in [0.2, 0.25) is 5.91 Å². The van der Waals surface area contributed by atoms with E-state index in [0.717, 1.165) is 30.5 Å². The Labute approximate surface area is 319 Å². The number of nitrogens with two attached hydrogens (primary N) is 1. The van der Waals surface area contributed by atoms with E-state index in [1.54, 1.807) is 4.57 Å². The van der Waals surface area contributed by atoms with Gasteiger partial charge in [-0.15, -0.1) is 5.06 Å². The number of imide groups is 1. The lowest BCUT2D eigenvalue weighted by atomic mass is 10.1. The Kier molecular flexibility index (Phi) is 13.8. The molecular weight excluding hydrogens is 778 g/mol. The summed E-state index contributed by atoms with van der Waals surface area (Å²) in [5, 5.41) is 3.84. The van der Waals surface area contributed by atoms with E-state index in [1.807, 2.05) is 25.1 Å². The number of carbonyl (C=O) groups excluding carboxylic acids is 4. The van der Waals surface area contributed by atoms with E-state index < -0.39 is 33.4 Å². The maximum absolute atomic E-state index is 12.2. The second kappa shape index (κ2) is 18.3. The van der Waals surface area contributed by atoms with Crippen LogP contribution in [-0.4, -0.2) is 82.6 Å². The lowest BCUT2D eigenvalue weighted by Crippen LogP contribution is -2.32. The van der Waals surface area contributed by atoms with Crippen LogP contribution in [-0.2, 0) is 57.3 Å². The molecular formula is C34H42N6O14P2. The van der Waals surface area contributed by atoms with E-state index >= 15 is 0 Å². The normalized spacial score (nSPS) is 13.5. The summed E-state index contributed by atoms with van der Waals surface area (Å²) in [6.45, 7) is 2.68. The van der Waals surface area contributed by atoms with Crippen molar-refractivity contribution in [3.05, 3.63) is 53.3 Å². The Balaban J connectivity index is 1.23. The minimum Gasteiger partial charge on any atom is -0.404 e. The van der Waals surface area contributed by atoms with Crippen molar-refractivity contribution in [3.63, 3.8) is 0 Å². The molecule has 22 heteroatoms. The zero-order chi connectivity index (χ0) is 40.6. The monoisotopic (exact) mass is 820 g/mol. The van der Waals surface area contributed by atoms with Crippen LogP contribution in [0.4, 0.5) is 5.82 Å². The highest BCUT2D eigenvalue weighted by molar-refractivity contribution is 7.47. The van der Waals surface area contributed by atoms with Crippen molar-refractivity contribution >= 4 is 67.1 Å². The summed E-state index contributed by atoms with van der Waals surface area (Å²) in [5.74, 6) is -1.97. The van der Waals surface area contributed by atoms with Crippen LogP contribution < -0.4 is 20.1 Å². The highest BCUT2D eigenvalue weighted by atomic mass is 31.2. The van der Waals surface area contributed by atoms with Crippen LogP contribution in [0.5, 0.6) is 11.5 Å². The minimum absolute atomic E-state index is 0.00276. The third kappa shape index (κ3) is 11.5. The molecule has 0 atom stereocenters. The quantitative estimate of drug-likeness (QED) is 0.0424. The van der Waals surface area contributed by atoms with Gasteiger partial charge in [-0.05, 0) is 49.1 Å². The number of phosphoric ester groups is 2. The summed E-state index contributed by atoms with van der Waals surface area (Å²) in [6, 6.07) is 9.06. The number of nitrogens with zero attached hydrogens (tertiary/aromatic N) is 4. The van der Waals surface area contributed by atoms with Crippen LogP contribution in [0.25, 0.3) is 21.9 Å². The van der Waals surface area contributed by atoms with Crippen molar-refractivity contribution < 1.29 is 66.5 Å². The van der Waals surface area contributed by atoms with E-state index in [2.05, 4.69) is 10.3 Å². The average molecular weight is 821 g/mol. The number of pyridine rings is 1. The highest BCUT2D eigenvalue weighted by Gasteiger charge is 2.32. The molecule has 1 saturated heterocycles. The molecule has 2 aromatic heterocycles. The number of rotatable bonds is 20. The van der Waals surface area contributed by atoms with Gasteiger partial charge in [0.1, 0.15) is 22.8 Å². The van der Waals surface area contributed by atoms with Gasteiger partial charge in [0.15, 0.2) is 5.82 Å². The fraction of sp³-hybridized carbons (Fsp3) is 0.412. The number of amides is 3. The van der Waals surface area contributed by atoms with Gasteiger partial charge < -0.3 is 34.2 Å². The van der Waals surface area contributed by atoms with Gasteiger partial charge in [-0.25, -0.2) is 23.9 Å². The molecule has 5 rings (SSSR count). The second-order valence-corrected chi connectivity index (χ2v) is 15.1.